The third-order valence-electron chi connectivity index (χ3n) is 3.30. The number of halogens is 1. The zero-order valence-corrected chi connectivity index (χ0v) is 12.6. The highest BCUT2D eigenvalue weighted by Crippen LogP contribution is 2.24. The summed E-state index contributed by atoms with van der Waals surface area (Å²) in [5.41, 5.74) is 3.08. The Labute approximate surface area is 132 Å². The molecule has 22 heavy (non-hydrogen) atoms. The van der Waals surface area contributed by atoms with Crippen molar-refractivity contribution < 1.29 is 4.52 Å². The van der Waals surface area contributed by atoms with Gasteiger partial charge in [-0.05, 0) is 24.6 Å². The second-order valence-electron chi connectivity index (χ2n) is 4.84. The van der Waals surface area contributed by atoms with Gasteiger partial charge in [-0.2, -0.15) is 0 Å². The number of benzene rings is 2. The van der Waals surface area contributed by atoms with Crippen molar-refractivity contribution in [2.45, 2.75) is 6.92 Å². The van der Waals surface area contributed by atoms with Gasteiger partial charge in [0.05, 0.1) is 11.4 Å². The lowest BCUT2D eigenvalue weighted by molar-refractivity contribution is 0.393. The van der Waals surface area contributed by atoms with Gasteiger partial charge in [0.15, 0.2) is 0 Å². The molecule has 0 aliphatic heterocycles. The topological polar surface area (TPSA) is 58.4 Å². The standard InChI is InChI=1S/C17H13ClN2O2/c1-11-7-8-13(18)9-15(11)19-10-14-16(20-22-17(14)21)12-5-3-2-4-6-12/h2-10,20H,1H3. The van der Waals surface area contributed by atoms with Crippen LogP contribution in [0.2, 0.25) is 5.02 Å². The molecule has 0 amide bonds. The highest BCUT2D eigenvalue weighted by Gasteiger charge is 2.11. The van der Waals surface area contributed by atoms with Gasteiger partial charge in [0.2, 0.25) is 0 Å². The number of hydrogen-bond donors (Lipinski definition) is 1. The van der Waals surface area contributed by atoms with E-state index in [4.69, 9.17) is 16.1 Å². The van der Waals surface area contributed by atoms with Crippen LogP contribution in [0.3, 0.4) is 0 Å². The van der Waals surface area contributed by atoms with E-state index in [1.54, 1.807) is 12.1 Å². The SMILES string of the molecule is Cc1ccc(Cl)cc1N=Cc1c(-c2ccccc2)[nH]oc1=O. The van der Waals surface area contributed by atoms with Gasteiger partial charge in [-0.25, -0.2) is 9.95 Å². The number of hydrogen-bond acceptors (Lipinski definition) is 3. The highest BCUT2D eigenvalue weighted by atomic mass is 35.5. The minimum Gasteiger partial charge on any atom is -0.338 e. The predicted molar refractivity (Wildman–Crippen MR) is 88.2 cm³/mol. The normalized spacial score (nSPS) is 11.2. The summed E-state index contributed by atoms with van der Waals surface area (Å²) < 4.78 is 4.89. The van der Waals surface area contributed by atoms with Crippen molar-refractivity contribution in [3.05, 3.63) is 75.1 Å². The Morgan fingerprint density at radius 3 is 2.73 bits per heavy atom. The van der Waals surface area contributed by atoms with Crippen LogP contribution >= 0.6 is 11.6 Å². The van der Waals surface area contributed by atoms with E-state index in [9.17, 15) is 4.79 Å². The predicted octanol–water partition coefficient (Wildman–Crippen LogP) is 4.35. The van der Waals surface area contributed by atoms with E-state index in [-0.39, 0.29) is 0 Å². The first-order valence-electron chi connectivity index (χ1n) is 6.72. The first kappa shape index (κ1) is 14.4. The van der Waals surface area contributed by atoms with Crippen LogP contribution < -0.4 is 5.63 Å². The van der Waals surface area contributed by atoms with E-state index in [1.807, 2.05) is 43.3 Å². The van der Waals surface area contributed by atoms with Crippen molar-refractivity contribution >= 4 is 23.5 Å². The van der Waals surface area contributed by atoms with Crippen molar-refractivity contribution in [3.63, 3.8) is 0 Å². The summed E-state index contributed by atoms with van der Waals surface area (Å²) in [6, 6.07) is 14.9. The second kappa shape index (κ2) is 6.03. The Balaban J connectivity index is 2.03. The van der Waals surface area contributed by atoms with Crippen molar-refractivity contribution in [2.75, 3.05) is 0 Å². The fraction of sp³-hybridized carbons (Fsp3) is 0.0588. The monoisotopic (exact) mass is 312 g/mol. The number of aliphatic imine (C=N–C) groups is 1. The maximum atomic E-state index is 11.9. The summed E-state index contributed by atoms with van der Waals surface area (Å²) in [4.78, 5) is 16.2. The van der Waals surface area contributed by atoms with Crippen LogP contribution in [0.4, 0.5) is 5.69 Å². The summed E-state index contributed by atoms with van der Waals surface area (Å²) in [7, 11) is 0. The zero-order valence-electron chi connectivity index (χ0n) is 11.8. The summed E-state index contributed by atoms with van der Waals surface area (Å²) in [5.74, 6) is 0. The summed E-state index contributed by atoms with van der Waals surface area (Å²) in [6.45, 7) is 1.93. The second-order valence-corrected chi connectivity index (χ2v) is 5.27. The third kappa shape index (κ3) is 2.87. The lowest BCUT2D eigenvalue weighted by Gasteiger charge is -2.00. The molecule has 0 spiro atoms. The Kier molecular flexibility index (Phi) is 3.94. The maximum Gasteiger partial charge on any atom is 0.366 e. The molecule has 5 heteroatoms. The van der Waals surface area contributed by atoms with Crippen LogP contribution in [0.1, 0.15) is 11.1 Å². The average Bonchev–Trinajstić information content (AvgIpc) is 2.90. The molecule has 0 radical (unpaired) electrons. The Bertz CT molecular complexity index is 879. The van der Waals surface area contributed by atoms with Crippen LogP contribution in [0, 0.1) is 6.92 Å². The van der Waals surface area contributed by atoms with Gasteiger partial charge in [-0.1, -0.05) is 48.0 Å². The Hall–Kier alpha value is -2.59. The molecule has 0 saturated heterocycles. The largest absolute Gasteiger partial charge is 0.366 e. The minimum atomic E-state index is -0.456. The number of H-pyrrole nitrogens is 1. The molecule has 110 valence electrons. The van der Waals surface area contributed by atoms with E-state index in [1.165, 1.54) is 6.21 Å². The number of aromatic nitrogens is 1. The molecule has 0 aliphatic rings. The molecule has 0 aliphatic carbocycles. The van der Waals surface area contributed by atoms with Crippen LogP contribution in [0.15, 0.2) is 62.8 Å². The van der Waals surface area contributed by atoms with Crippen LogP contribution in [0.5, 0.6) is 0 Å². The van der Waals surface area contributed by atoms with E-state index < -0.39 is 5.63 Å². The smallest absolute Gasteiger partial charge is 0.338 e. The molecule has 0 atom stereocenters. The molecule has 3 rings (SSSR count). The van der Waals surface area contributed by atoms with Crippen molar-refractivity contribution in [1.29, 1.82) is 0 Å². The molecule has 0 unspecified atom stereocenters. The van der Waals surface area contributed by atoms with Crippen LogP contribution in [-0.4, -0.2) is 11.4 Å². The number of rotatable bonds is 3. The van der Waals surface area contributed by atoms with Crippen molar-refractivity contribution in [1.82, 2.24) is 5.16 Å². The van der Waals surface area contributed by atoms with Gasteiger partial charge >= 0.3 is 5.63 Å². The van der Waals surface area contributed by atoms with Gasteiger partial charge < -0.3 is 4.52 Å². The molecule has 4 nitrogen and oxygen atoms in total. The van der Waals surface area contributed by atoms with E-state index in [0.717, 1.165) is 11.1 Å². The average molecular weight is 313 g/mol. The number of aromatic amines is 1. The Morgan fingerprint density at radius 1 is 1.18 bits per heavy atom. The van der Waals surface area contributed by atoms with Crippen LogP contribution in [0.25, 0.3) is 11.3 Å². The number of nitrogens with one attached hydrogen (secondary N) is 1. The maximum absolute atomic E-state index is 11.9. The van der Waals surface area contributed by atoms with E-state index >= 15 is 0 Å². The van der Waals surface area contributed by atoms with E-state index in [2.05, 4.69) is 10.1 Å². The van der Waals surface area contributed by atoms with Crippen molar-refractivity contribution in [2.24, 2.45) is 4.99 Å². The number of nitrogens with zero attached hydrogens (tertiary/aromatic N) is 1. The Morgan fingerprint density at radius 2 is 1.95 bits per heavy atom. The molecule has 0 saturated carbocycles. The van der Waals surface area contributed by atoms with Gasteiger partial charge in [0, 0.05) is 16.8 Å². The fourth-order valence-electron chi connectivity index (χ4n) is 2.10. The van der Waals surface area contributed by atoms with Gasteiger partial charge in [0.25, 0.3) is 0 Å². The zero-order chi connectivity index (χ0) is 15.5. The van der Waals surface area contributed by atoms with Gasteiger partial charge in [0.1, 0.15) is 5.56 Å². The molecular weight excluding hydrogens is 300 g/mol. The first-order valence-corrected chi connectivity index (χ1v) is 7.10. The van der Waals surface area contributed by atoms with Gasteiger partial charge in [-0.15, -0.1) is 0 Å². The highest BCUT2D eigenvalue weighted by molar-refractivity contribution is 6.30. The summed E-state index contributed by atoms with van der Waals surface area (Å²) in [6.07, 6.45) is 1.50. The third-order valence-corrected chi connectivity index (χ3v) is 3.54. The molecule has 2 aromatic carbocycles. The molecule has 1 heterocycles. The lowest BCUT2D eigenvalue weighted by atomic mass is 10.1. The van der Waals surface area contributed by atoms with E-state index in [0.29, 0.717) is 22.0 Å². The first-order chi connectivity index (χ1) is 10.6. The summed E-state index contributed by atoms with van der Waals surface area (Å²) in [5, 5.41) is 3.25. The lowest BCUT2D eigenvalue weighted by Crippen LogP contribution is -2.01. The molecule has 0 bridgehead atoms. The molecule has 3 aromatic rings. The molecular formula is C17H13ClN2O2. The molecule has 1 aromatic heterocycles. The van der Waals surface area contributed by atoms with Crippen LogP contribution in [-0.2, 0) is 0 Å². The minimum absolute atomic E-state index is 0.380. The fourth-order valence-corrected chi connectivity index (χ4v) is 2.27. The number of aryl methyl sites for hydroxylation is 1. The quantitative estimate of drug-likeness (QED) is 0.731. The van der Waals surface area contributed by atoms with Crippen molar-refractivity contribution in [3.8, 4) is 11.3 Å². The van der Waals surface area contributed by atoms with Gasteiger partial charge in [-0.3, -0.25) is 4.99 Å². The summed E-state index contributed by atoms with van der Waals surface area (Å²) >= 11 is 5.98. The molecule has 0 fully saturated rings. The molecule has 1 N–H and O–H groups in total.